The number of ether oxygens (including phenoxy) is 2. The smallest absolute Gasteiger partial charge is 0.251 e. The molecule has 0 aliphatic heterocycles. The van der Waals surface area contributed by atoms with Gasteiger partial charge in [0, 0.05) is 12.1 Å². The lowest BCUT2D eigenvalue weighted by Gasteiger charge is -2.13. The summed E-state index contributed by atoms with van der Waals surface area (Å²) in [5.41, 5.74) is 0.492. The van der Waals surface area contributed by atoms with Crippen LogP contribution in [0, 0.1) is 5.92 Å². The van der Waals surface area contributed by atoms with Crippen LogP contribution in [0.5, 0.6) is 11.5 Å². The van der Waals surface area contributed by atoms with Crippen molar-refractivity contribution in [2.45, 2.75) is 19.8 Å². The third-order valence-corrected chi connectivity index (χ3v) is 3.31. The number of nitrogens with one attached hydrogen (secondary N) is 1. The Kier molecular flexibility index (Phi) is 4.53. The standard InChI is InChI=1S/C14H18ClNO3/c1-3-19-13-11(15)6-10(7-12(13)18-2)14(17)16-8-9-4-5-9/h6-7,9H,3-5,8H2,1-2H3,(H,16,17). The number of halogens is 1. The van der Waals surface area contributed by atoms with E-state index in [1.807, 2.05) is 6.92 Å². The van der Waals surface area contributed by atoms with Gasteiger partial charge >= 0.3 is 0 Å². The van der Waals surface area contributed by atoms with Crippen molar-refractivity contribution in [1.29, 1.82) is 0 Å². The zero-order valence-corrected chi connectivity index (χ0v) is 11.9. The van der Waals surface area contributed by atoms with Crippen LogP contribution in [0.25, 0.3) is 0 Å². The maximum Gasteiger partial charge on any atom is 0.251 e. The number of benzene rings is 1. The number of carbonyl (C=O) groups is 1. The summed E-state index contributed by atoms with van der Waals surface area (Å²) in [6.07, 6.45) is 2.40. The summed E-state index contributed by atoms with van der Waals surface area (Å²) in [6.45, 7) is 3.08. The topological polar surface area (TPSA) is 47.6 Å². The van der Waals surface area contributed by atoms with Gasteiger partial charge in [-0.05, 0) is 37.8 Å². The van der Waals surface area contributed by atoms with Crippen molar-refractivity contribution in [2.24, 2.45) is 5.92 Å². The highest BCUT2D eigenvalue weighted by molar-refractivity contribution is 6.32. The minimum absolute atomic E-state index is 0.129. The van der Waals surface area contributed by atoms with Crippen LogP contribution in [0.15, 0.2) is 12.1 Å². The van der Waals surface area contributed by atoms with Gasteiger partial charge in [0.25, 0.3) is 5.91 Å². The Morgan fingerprint density at radius 2 is 2.21 bits per heavy atom. The quantitative estimate of drug-likeness (QED) is 0.873. The van der Waals surface area contributed by atoms with Crippen molar-refractivity contribution in [3.8, 4) is 11.5 Å². The lowest BCUT2D eigenvalue weighted by Crippen LogP contribution is -2.25. The third-order valence-electron chi connectivity index (χ3n) is 3.03. The van der Waals surface area contributed by atoms with E-state index in [9.17, 15) is 4.79 Å². The van der Waals surface area contributed by atoms with E-state index in [0.29, 0.717) is 34.6 Å². The lowest BCUT2D eigenvalue weighted by molar-refractivity contribution is 0.0951. The molecule has 0 spiro atoms. The number of carbonyl (C=O) groups excluding carboxylic acids is 1. The minimum Gasteiger partial charge on any atom is -0.493 e. The molecule has 0 aromatic heterocycles. The van der Waals surface area contributed by atoms with E-state index in [1.165, 1.54) is 20.0 Å². The van der Waals surface area contributed by atoms with Crippen molar-refractivity contribution >= 4 is 17.5 Å². The molecule has 19 heavy (non-hydrogen) atoms. The van der Waals surface area contributed by atoms with Crippen LogP contribution in [0.2, 0.25) is 5.02 Å². The molecule has 1 aromatic carbocycles. The molecule has 4 nitrogen and oxygen atoms in total. The Morgan fingerprint density at radius 1 is 1.47 bits per heavy atom. The lowest BCUT2D eigenvalue weighted by atomic mass is 10.2. The first-order valence-corrected chi connectivity index (χ1v) is 6.82. The van der Waals surface area contributed by atoms with Gasteiger partial charge in [-0.3, -0.25) is 4.79 Å². The monoisotopic (exact) mass is 283 g/mol. The van der Waals surface area contributed by atoms with E-state index in [4.69, 9.17) is 21.1 Å². The Balaban J connectivity index is 2.15. The van der Waals surface area contributed by atoms with Gasteiger partial charge in [-0.15, -0.1) is 0 Å². The molecule has 5 heteroatoms. The number of methoxy groups -OCH3 is 1. The summed E-state index contributed by atoms with van der Waals surface area (Å²) in [7, 11) is 1.53. The Hall–Kier alpha value is -1.42. The number of hydrogen-bond acceptors (Lipinski definition) is 3. The molecular weight excluding hydrogens is 266 g/mol. The van der Waals surface area contributed by atoms with Crippen molar-refractivity contribution < 1.29 is 14.3 Å². The SMILES string of the molecule is CCOc1c(Cl)cc(C(=O)NCC2CC2)cc1OC. The van der Waals surface area contributed by atoms with E-state index in [1.54, 1.807) is 12.1 Å². The predicted molar refractivity (Wildman–Crippen MR) is 74.2 cm³/mol. The number of hydrogen-bond donors (Lipinski definition) is 1. The molecule has 104 valence electrons. The van der Waals surface area contributed by atoms with Gasteiger partial charge < -0.3 is 14.8 Å². The van der Waals surface area contributed by atoms with Gasteiger partial charge in [0.15, 0.2) is 11.5 Å². The van der Waals surface area contributed by atoms with Crippen molar-refractivity contribution in [2.75, 3.05) is 20.3 Å². The first-order chi connectivity index (χ1) is 9.15. The summed E-state index contributed by atoms with van der Waals surface area (Å²) in [6, 6.07) is 3.26. The molecule has 0 unspecified atom stereocenters. The van der Waals surface area contributed by atoms with Crippen molar-refractivity contribution in [1.82, 2.24) is 5.32 Å². The van der Waals surface area contributed by atoms with Crippen LogP contribution in [-0.4, -0.2) is 26.2 Å². The first kappa shape index (κ1) is 14.0. The fourth-order valence-corrected chi connectivity index (χ4v) is 2.06. The Morgan fingerprint density at radius 3 is 2.79 bits per heavy atom. The molecule has 0 atom stereocenters. The molecule has 1 aliphatic carbocycles. The van der Waals surface area contributed by atoms with Crippen LogP contribution in [0.4, 0.5) is 0 Å². The van der Waals surface area contributed by atoms with Gasteiger partial charge in [0.1, 0.15) is 0 Å². The van der Waals surface area contributed by atoms with Crippen LogP contribution in [0.1, 0.15) is 30.1 Å². The molecule has 1 saturated carbocycles. The molecule has 0 saturated heterocycles. The molecule has 1 amide bonds. The Bertz CT molecular complexity index is 472. The van der Waals surface area contributed by atoms with Crippen molar-refractivity contribution in [3.05, 3.63) is 22.7 Å². The summed E-state index contributed by atoms with van der Waals surface area (Å²) < 4.78 is 10.6. The largest absolute Gasteiger partial charge is 0.493 e. The summed E-state index contributed by atoms with van der Waals surface area (Å²) in [5, 5.41) is 3.28. The van der Waals surface area contributed by atoms with Gasteiger partial charge in [-0.25, -0.2) is 0 Å². The maximum absolute atomic E-state index is 12.0. The number of rotatable bonds is 6. The third kappa shape index (κ3) is 3.53. The number of amides is 1. The van der Waals surface area contributed by atoms with Gasteiger partial charge in [-0.1, -0.05) is 11.6 Å². The highest BCUT2D eigenvalue weighted by Crippen LogP contribution is 2.36. The summed E-state index contributed by atoms with van der Waals surface area (Å²) in [4.78, 5) is 12.0. The molecule has 0 radical (unpaired) electrons. The van der Waals surface area contributed by atoms with E-state index in [0.717, 1.165) is 6.54 Å². The molecule has 2 rings (SSSR count). The minimum atomic E-state index is -0.129. The van der Waals surface area contributed by atoms with Crippen LogP contribution in [0.3, 0.4) is 0 Å². The average Bonchev–Trinajstić information content (AvgIpc) is 3.22. The second kappa shape index (κ2) is 6.15. The normalized spacial score (nSPS) is 14.1. The second-order valence-corrected chi connectivity index (χ2v) is 4.98. The zero-order valence-electron chi connectivity index (χ0n) is 11.2. The summed E-state index contributed by atoms with van der Waals surface area (Å²) >= 11 is 6.13. The molecule has 0 heterocycles. The fourth-order valence-electron chi connectivity index (χ4n) is 1.80. The van der Waals surface area contributed by atoms with Gasteiger partial charge in [0.05, 0.1) is 18.7 Å². The van der Waals surface area contributed by atoms with E-state index in [2.05, 4.69) is 5.32 Å². The second-order valence-electron chi connectivity index (χ2n) is 4.58. The maximum atomic E-state index is 12.0. The van der Waals surface area contributed by atoms with Crippen LogP contribution < -0.4 is 14.8 Å². The van der Waals surface area contributed by atoms with E-state index >= 15 is 0 Å². The zero-order chi connectivity index (χ0) is 13.8. The van der Waals surface area contributed by atoms with Crippen molar-refractivity contribution in [3.63, 3.8) is 0 Å². The van der Waals surface area contributed by atoms with E-state index in [-0.39, 0.29) is 5.91 Å². The van der Waals surface area contributed by atoms with Gasteiger partial charge in [0.2, 0.25) is 0 Å². The van der Waals surface area contributed by atoms with Gasteiger partial charge in [-0.2, -0.15) is 0 Å². The van der Waals surface area contributed by atoms with E-state index < -0.39 is 0 Å². The highest BCUT2D eigenvalue weighted by atomic mass is 35.5. The fraction of sp³-hybridized carbons (Fsp3) is 0.500. The van der Waals surface area contributed by atoms with Crippen LogP contribution >= 0.6 is 11.6 Å². The molecule has 0 bridgehead atoms. The molecule has 1 N–H and O–H groups in total. The Labute approximate surface area is 118 Å². The molecule has 1 fully saturated rings. The average molecular weight is 284 g/mol. The van der Waals surface area contributed by atoms with Crippen LogP contribution in [-0.2, 0) is 0 Å². The molecule has 1 aromatic rings. The highest BCUT2D eigenvalue weighted by Gasteiger charge is 2.22. The first-order valence-electron chi connectivity index (χ1n) is 6.44. The summed E-state index contributed by atoms with van der Waals surface area (Å²) in [5.74, 6) is 1.47. The predicted octanol–water partition coefficient (Wildman–Crippen LogP) is 2.89. The molecule has 1 aliphatic rings. The molecular formula is C14H18ClNO3.